The Bertz CT molecular complexity index is 60.5. The maximum absolute atomic E-state index is 5.27. The van der Waals surface area contributed by atoms with Crippen LogP contribution in [0.5, 0.6) is 0 Å². The van der Waals surface area contributed by atoms with Crippen molar-refractivity contribution in [1.29, 1.82) is 0 Å². The molecule has 0 aromatic rings. The van der Waals surface area contributed by atoms with Crippen LogP contribution < -0.4 is 5.32 Å². The van der Waals surface area contributed by atoms with E-state index in [1.54, 1.807) is 0 Å². The number of ether oxygens (including phenoxy) is 1. The molecule has 0 saturated carbocycles. The second-order valence-corrected chi connectivity index (χ2v) is 2.57. The van der Waals surface area contributed by atoms with Crippen molar-refractivity contribution in [3.8, 4) is 0 Å². The maximum atomic E-state index is 5.27. The lowest BCUT2D eigenvalue weighted by Crippen LogP contribution is -2.15. The van der Waals surface area contributed by atoms with Crippen LogP contribution in [-0.4, -0.2) is 26.8 Å². The van der Waals surface area contributed by atoms with Crippen molar-refractivity contribution >= 4 is 0 Å². The molecule has 0 aromatic carbocycles. The molecule has 0 amide bonds. The Labute approximate surface area is 72.8 Å². The van der Waals surface area contributed by atoms with Crippen molar-refractivity contribution in [3.05, 3.63) is 0 Å². The molecule has 0 fully saturated rings. The van der Waals surface area contributed by atoms with Crippen molar-refractivity contribution in [1.82, 2.24) is 5.32 Å². The van der Waals surface area contributed by atoms with Crippen LogP contribution in [0.25, 0.3) is 0 Å². The van der Waals surface area contributed by atoms with Crippen molar-refractivity contribution in [3.63, 3.8) is 0 Å². The maximum Gasteiger partial charge on any atom is 0.0590 e. The molecule has 72 valence electrons. The van der Waals surface area contributed by atoms with E-state index in [-0.39, 0.29) is 1.43 Å². The normalized spacial score (nSPS) is 9.27. The van der Waals surface area contributed by atoms with Crippen LogP contribution in [0.4, 0.5) is 0 Å². The van der Waals surface area contributed by atoms with E-state index in [2.05, 4.69) is 19.2 Å². The first-order valence-electron chi connectivity index (χ1n) is 4.49. The third-order valence-electron chi connectivity index (χ3n) is 0.948. The topological polar surface area (TPSA) is 21.3 Å². The SMILES string of the molecule is CC.CNCCOCC(C)C.[HH]. The van der Waals surface area contributed by atoms with Crippen LogP contribution in [0.1, 0.15) is 29.1 Å². The highest BCUT2D eigenvalue weighted by atomic mass is 16.5. The highest BCUT2D eigenvalue weighted by Crippen LogP contribution is 1.90. The highest BCUT2D eigenvalue weighted by molar-refractivity contribution is 4.40. The zero-order valence-corrected chi connectivity index (χ0v) is 8.61. The first kappa shape index (κ1) is 13.5. The fourth-order valence-electron chi connectivity index (χ4n) is 0.493. The lowest BCUT2D eigenvalue weighted by atomic mass is 10.2. The minimum Gasteiger partial charge on any atom is -0.380 e. The van der Waals surface area contributed by atoms with Gasteiger partial charge in [0.15, 0.2) is 0 Å². The fourth-order valence-corrected chi connectivity index (χ4v) is 0.493. The Morgan fingerprint density at radius 2 is 1.91 bits per heavy atom. The van der Waals surface area contributed by atoms with E-state index in [9.17, 15) is 0 Å². The van der Waals surface area contributed by atoms with Gasteiger partial charge in [0.1, 0.15) is 0 Å². The molecule has 0 atom stereocenters. The minimum atomic E-state index is 0. The Morgan fingerprint density at radius 1 is 1.36 bits per heavy atom. The molecule has 0 aliphatic rings. The van der Waals surface area contributed by atoms with E-state index >= 15 is 0 Å². The molecule has 0 aliphatic heterocycles. The van der Waals surface area contributed by atoms with Gasteiger partial charge in [-0.1, -0.05) is 27.7 Å². The molecule has 1 N–H and O–H groups in total. The summed E-state index contributed by atoms with van der Waals surface area (Å²) in [6, 6.07) is 0. The molecule has 11 heavy (non-hydrogen) atoms. The predicted octanol–water partition coefficient (Wildman–Crippen LogP) is 2.15. The number of hydrogen-bond acceptors (Lipinski definition) is 2. The number of likely N-dealkylation sites (N-methyl/N-ethyl adjacent to an activating group) is 1. The van der Waals surface area contributed by atoms with Crippen LogP contribution in [0.2, 0.25) is 0 Å². The average molecular weight is 163 g/mol. The second kappa shape index (κ2) is 12.6. The van der Waals surface area contributed by atoms with Crippen LogP contribution in [0.3, 0.4) is 0 Å². The lowest BCUT2D eigenvalue weighted by Gasteiger charge is -2.04. The van der Waals surface area contributed by atoms with E-state index in [0.29, 0.717) is 5.92 Å². The van der Waals surface area contributed by atoms with Gasteiger partial charge in [-0.15, -0.1) is 0 Å². The summed E-state index contributed by atoms with van der Waals surface area (Å²) >= 11 is 0. The molecule has 0 aliphatic carbocycles. The molecule has 0 heterocycles. The Balaban J connectivity index is -0.000000249. The molecule has 0 aromatic heterocycles. The number of hydrogen-bond donors (Lipinski definition) is 1. The molecule has 0 saturated heterocycles. The van der Waals surface area contributed by atoms with Crippen molar-refractivity contribution < 1.29 is 6.16 Å². The summed E-state index contributed by atoms with van der Waals surface area (Å²) in [4.78, 5) is 0. The summed E-state index contributed by atoms with van der Waals surface area (Å²) in [5, 5.41) is 3.02. The molecular formula is C9H25NO. The van der Waals surface area contributed by atoms with E-state index in [1.165, 1.54) is 0 Å². The van der Waals surface area contributed by atoms with Crippen molar-refractivity contribution in [2.24, 2.45) is 5.92 Å². The van der Waals surface area contributed by atoms with E-state index < -0.39 is 0 Å². The van der Waals surface area contributed by atoms with Crippen LogP contribution >= 0.6 is 0 Å². The quantitative estimate of drug-likeness (QED) is 0.627. The standard InChI is InChI=1S/C7H17NO.C2H6.H2/c1-7(2)6-9-5-4-8-3;1-2;/h7-8H,4-6H2,1-3H3;1-2H3;1H. The van der Waals surface area contributed by atoms with Crippen molar-refractivity contribution in [2.45, 2.75) is 27.7 Å². The summed E-state index contributed by atoms with van der Waals surface area (Å²) in [5.41, 5.74) is 0. The Kier molecular flexibility index (Phi) is 15.4. The highest BCUT2D eigenvalue weighted by Gasteiger charge is 1.90. The van der Waals surface area contributed by atoms with Gasteiger partial charge in [0.25, 0.3) is 0 Å². The van der Waals surface area contributed by atoms with Gasteiger partial charge in [-0.3, -0.25) is 0 Å². The Morgan fingerprint density at radius 3 is 2.27 bits per heavy atom. The summed E-state index contributed by atoms with van der Waals surface area (Å²) in [6.07, 6.45) is 0. The predicted molar refractivity (Wildman–Crippen MR) is 53.0 cm³/mol. The molecule has 2 heteroatoms. The lowest BCUT2D eigenvalue weighted by molar-refractivity contribution is 0.113. The third-order valence-corrected chi connectivity index (χ3v) is 0.948. The summed E-state index contributed by atoms with van der Waals surface area (Å²) < 4.78 is 5.27. The van der Waals surface area contributed by atoms with Gasteiger partial charge in [-0.25, -0.2) is 0 Å². The van der Waals surface area contributed by atoms with E-state index in [0.717, 1.165) is 19.8 Å². The van der Waals surface area contributed by atoms with Gasteiger partial charge in [0.2, 0.25) is 0 Å². The number of nitrogens with one attached hydrogen (secondary N) is 1. The zero-order valence-electron chi connectivity index (χ0n) is 8.61. The molecule has 0 bridgehead atoms. The van der Waals surface area contributed by atoms with Gasteiger partial charge in [0.05, 0.1) is 6.61 Å². The van der Waals surface area contributed by atoms with Crippen LogP contribution in [-0.2, 0) is 4.74 Å². The van der Waals surface area contributed by atoms with Gasteiger partial charge in [0, 0.05) is 14.6 Å². The molecular weight excluding hydrogens is 138 g/mol. The monoisotopic (exact) mass is 163 g/mol. The molecule has 2 nitrogen and oxygen atoms in total. The second-order valence-electron chi connectivity index (χ2n) is 2.57. The average Bonchev–Trinajstić information content (AvgIpc) is 2.02. The molecule has 0 radical (unpaired) electrons. The van der Waals surface area contributed by atoms with Gasteiger partial charge < -0.3 is 10.1 Å². The van der Waals surface area contributed by atoms with Crippen LogP contribution in [0, 0.1) is 5.92 Å². The van der Waals surface area contributed by atoms with Gasteiger partial charge >= 0.3 is 0 Å². The minimum absolute atomic E-state index is 0. The molecule has 0 spiro atoms. The van der Waals surface area contributed by atoms with Gasteiger partial charge in [-0.2, -0.15) is 0 Å². The number of rotatable bonds is 5. The van der Waals surface area contributed by atoms with Gasteiger partial charge in [-0.05, 0) is 13.0 Å². The van der Waals surface area contributed by atoms with Crippen molar-refractivity contribution in [2.75, 3.05) is 26.8 Å². The summed E-state index contributed by atoms with van der Waals surface area (Å²) in [7, 11) is 1.93. The third kappa shape index (κ3) is 17.8. The largest absolute Gasteiger partial charge is 0.380 e. The Hall–Kier alpha value is -0.0800. The summed E-state index contributed by atoms with van der Waals surface area (Å²) in [5.74, 6) is 0.654. The zero-order chi connectivity index (χ0) is 9.11. The van der Waals surface area contributed by atoms with Crippen LogP contribution in [0.15, 0.2) is 0 Å². The summed E-state index contributed by atoms with van der Waals surface area (Å²) in [6.45, 7) is 11.0. The smallest absolute Gasteiger partial charge is 0.0590 e. The first-order valence-corrected chi connectivity index (χ1v) is 4.49. The van der Waals surface area contributed by atoms with E-state index in [1.807, 2.05) is 20.9 Å². The first-order chi connectivity index (χ1) is 5.27. The molecule has 0 rings (SSSR count). The van der Waals surface area contributed by atoms with E-state index in [4.69, 9.17) is 4.74 Å². The molecule has 0 unspecified atom stereocenters. The fraction of sp³-hybridized carbons (Fsp3) is 1.00.